The first-order valence-corrected chi connectivity index (χ1v) is 16.8. The Balaban J connectivity index is 1.17. The molecule has 46 heavy (non-hydrogen) atoms. The SMILES string of the molecule is CC(=O)/C=C/c1ccc2nc(C3(NC(=O)c4ccc5c(C6CCCC6)c(-c6cnccn6)n(C)c5c4)CCC3)n(C3CCC3)c2c1. The fourth-order valence-electron chi connectivity index (χ4n) is 7.97. The molecule has 8 heteroatoms. The maximum atomic E-state index is 14.2. The smallest absolute Gasteiger partial charge is 0.252 e. The molecule has 3 heterocycles. The highest BCUT2D eigenvalue weighted by molar-refractivity contribution is 6.01. The number of aromatic nitrogens is 5. The quantitative estimate of drug-likeness (QED) is 0.181. The van der Waals surface area contributed by atoms with Gasteiger partial charge in [-0.3, -0.25) is 19.6 Å². The van der Waals surface area contributed by atoms with Gasteiger partial charge in [-0.05, 0) is 106 Å². The Bertz CT molecular complexity index is 2010. The number of nitrogens with zero attached hydrogens (tertiary/aromatic N) is 5. The van der Waals surface area contributed by atoms with Gasteiger partial charge in [-0.1, -0.05) is 31.1 Å². The van der Waals surface area contributed by atoms with Gasteiger partial charge in [0.25, 0.3) is 5.91 Å². The van der Waals surface area contributed by atoms with Crippen molar-refractivity contribution in [1.29, 1.82) is 0 Å². The van der Waals surface area contributed by atoms with Crippen LogP contribution in [0.4, 0.5) is 0 Å². The highest BCUT2D eigenvalue weighted by atomic mass is 16.2. The van der Waals surface area contributed by atoms with Crippen molar-refractivity contribution in [2.24, 2.45) is 7.05 Å². The van der Waals surface area contributed by atoms with E-state index in [2.05, 4.69) is 49.7 Å². The maximum Gasteiger partial charge on any atom is 0.252 e. The number of hydrogen-bond acceptors (Lipinski definition) is 5. The van der Waals surface area contributed by atoms with Gasteiger partial charge in [-0.15, -0.1) is 0 Å². The summed E-state index contributed by atoms with van der Waals surface area (Å²) in [6.07, 6.45) is 19.8. The van der Waals surface area contributed by atoms with Crippen molar-refractivity contribution in [1.82, 2.24) is 29.4 Å². The second kappa shape index (κ2) is 11.3. The van der Waals surface area contributed by atoms with Gasteiger partial charge in [0, 0.05) is 41.9 Å². The number of nitrogens with one attached hydrogen (secondary N) is 1. The predicted octanol–water partition coefficient (Wildman–Crippen LogP) is 7.78. The fraction of sp³-hybridized carbons (Fsp3) is 0.395. The van der Waals surface area contributed by atoms with E-state index in [1.165, 1.54) is 43.1 Å². The van der Waals surface area contributed by atoms with Crippen molar-refractivity contribution in [3.05, 3.63) is 83.6 Å². The minimum atomic E-state index is -0.510. The summed E-state index contributed by atoms with van der Waals surface area (Å²) in [4.78, 5) is 40.0. The minimum Gasteiger partial charge on any atom is -0.342 e. The number of rotatable bonds is 8. The lowest BCUT2D eigenvalue weighted by Gasteiger charge is -2.44. The molecule has 0 atom stereocenters. The van der Waals surface area contributed by atoms with Crippen molar-refractivity contribution in [2.45, 2.75) is 88.6 Å². The molecule has 8 nitrogen and oxygen atoms in total. The number of amides is 1. The minimum absolute atomic E-state index is 0.0256. The van der Waals surface area contributed by atoms with E-state index in [1.54, 1.807) is 25.4 Å². The Hall–Kier alpha value is -4.59. The molecule has 0 radical (unpaired) electrons. The van der Waals surface area contributed by atoms with Crippen molar-refractivity contribution in [3.8, 4) is 11.4 Å². The van der Waals surface area contributed by atoms with E-state index in [9.17, 15) is 9.59 Å². The molecule has 3 aliphatic rings. The molecule has 5 aromatic rings. The van der Waals surface area contributed by atoms with Gasteiger partial charge in [-0.25, -0.2) is 4.98 Å². The van der Waals surface area contributed by atoms with Gasteiger partial charge in [0.1, 0.15) is 11.5 Å². The number of hydrogen-bond donors (Lipinski definition) is 1. The van der Waals surface area contributed by atoms with Crippen molar-refractivity contribution in [3.63, 3.8) is 0 Å². The molecule has 0 spiro atoms. The van der Waals surface area contributed by atoms with Gasteiger partial charge in [0.05, 0.1) is 28.5 Å². The van der Waals surface area contributed by atoms with Crippen LogP contribution in [0.15, 0.2) is 61.1 Å². The first-order chi connectivity index (χ1) is 22.4. The van der Waals surface area contributed by atoms with Crippen molar-refractivity contribution >= 4 is 39.7 Å². The van der Waals surface area contributed by atoms with Crippen LogP contribution in [0.3, 0.4) is 0 Å². The van der Waals surface area contributed by atoms with E-state index in [0.717, 1.165) is 71.4 Å². The third kappa shape index (κ3) is 4.77. The molecular weight excluding hydrogens is 572 g/mol. The van der Waals surface area contributed by atoms with Crippen LogP contribution < -0.4 is 5.32 Å². The number of aryl methyl sites for hydroxylation is 1. The van der Waals surface area contributed by atoms with Crippen molar-refractivity contribution in [2.75, 3.05) is 0 Å². The molecule has 1 N–H and O–H groups in total. The molecule has 1 amide bonds. The highest BCUT2D eigenvalue weighted by Gasteiger charge is 2.46. The zero-order valence-electron chi connectivity index (χ0n) is 26.6. The van der Waals surface area contributed by atoms with Gasteiger partial charge in [0.2, 0.25) is 0 Å². The average Bonchev–Trinajstić information content (AvgIpc) is 3.74. The molecule has 2 aromatic carbocycles. The van der Waals surface area contributed by atoms with E-state index < -0.39 is 5.54 Å². The van der Waals surface area contributed by atoms with E-state index in [0.29, 0.717) is 17.5 Å². The normalized spacial score (nSPS) is 18.3. The molecule has 0 unspecified atom stereocenters. The molecule has 0 bridgehead atoms. The predicted molar refractivity (Wildman–Crippen MR) is 180 cm³/mol. The second-order valence-corrected chi connectivity index (χ2v) is 13.6. The van der Waals surface area contributed by atoms with Crippen LogP contribution in [0.2, 0.25) is 0 Å². The number of fused-ring (bicyclic) bond motifs is 2. The van der Waals surface area contributed by atoms with Crippen LogP contribution >= 0.6 is 0 Å². The molecule has 3 saturated carbocycles. The summed E-state index contributed by atoms with van der Waals surface area (Å²) in [7, 11) is 2.08. The summed E-state index contributed by atoms with van der Waals surface area (Å²) in [5, 5.41) is 4.70. The van der Waals surface area contributed by atoms with E-state index in [1.807, 2.05) is 30.5 Å². The molecule has 3 aliphatic carbocycles. The third-order valence-corrected chi connectivity index (χ3v) is 10.7. The molecule has 3 fully saturated rings. The summed E-state index contributed by atoms with van der Waals surface area (Å²) >= 11 is 0. The van der Waals surface area contributed by atoms with E-state index in [-0.39, 0.29) is 11.7 Å². The number of ketones is 1. The monoisotopic (exact) mass is 612 g/mol. The first kappa shape index (κ1) is 28.9. The number of imidazole rings is 1. The maximum absolute atomic E-state index is 14.2. The zero-order chi connectivity index (χ0) is 31.4. The Morgan fingerprint density at radius 2 is 1.78 bits per heavy atom. The lowest BCUT2D eigenvalue weighted by atomic mass is 9.75. The number of carbonyl (C=O) groups is 2. The number of carbonyl (C=O) groups excluding carboxylic acids is 2. The van der Waals surface area contributed by atoms with E-state index >= 15 is 0 Å². The summed E-state index contributed by atoms with van der Waals surface area (Å²) in [5.74, 6) is 1.41. The second-order valence-electron chi connectivity index (χ2n) is 13.6. The lowest BCUT2D eigenvalue weighted by Crippen LogP contribution is -2.52. The van der Waals surface area contributed by atoms with Gasteiger partial charge >= 0.3 is 0 Å². The summed E-state index contributed by atoms with van der Waals surface area (Å²) in [5.41, 5.74) is 7.50. The molecule has 8 rings (SSSR count). The molecule has 234 valence electrons. The molecule has 3 aromatic heterocycles. The molecular formula is C38H40N6O2. The zero-order valence-corrected chi connectivity index (χ0v) is 26.6. The van der Waals surface area contributed by atoms with E-state index in [4.69, 9.17) is 4.98 Å². The Kier molecular flexibility index (Phi) is 7.11. The van der Waals surface area contributed by atoms with Gasteiger partial charge in [-0.2, -0.15) is 0 Å². The van der Waals surface area contributed by atoms with Crippen LogP contribution in [0.5, 0.6) is 0 Å². The Labute approximate surface area is 269 Å². The highest BCUT2D eigenvalue weighted by Crippen LogP contribution is 2.47. The average molecular weight is 613 g/mol. The number of benzene rings is 2. The third-order valence-electron chi connectivity index (χ3n) is 10.7. The number of allylic oxidation sites excluding steroid dienone is 1. The van der Waals surface area contributed by atoms with Crippen LogP contribution in [-0.4, -0.2) is 35.8 Å². The van der Waals surface area contributed by atoms with Crippen LogP contribution in [0.1, 0.15) is 110 Å². The largest absolute Gasteiger partial charge is 0.342 e. The van der Waals surface area contributed by atoms with Crippen LogP contribution in [-0.2, 0) is 17.4 Å². The Morgan fingerprint density at radius 3 is 2.46 bits per heavy atom. The van der Waals surface area contributed by atoms with Crippen LogP contribution in [0, 0.1) is 0 Å². The topological polar surface area (TPSA) is 94.7 Å². The molecule has 0 aliphatic heterocycles. The van der Waals surface area contributed by atoms with Gasteiger partial charge < -0.3 is 14.5 Å². The molecule has 0 saturated heterocycles. The standard InChI is InChI=1S/C38H40N6O2/c1-24(45)11-12-25-13-16-30-33(21-25)44(28-9-5-10-28)37(41-30)38(17-6-18-38)42-36(46)27-14-15-29-32(22-27)43(2)35(31-23-39-19-20-40-31)34(29)26-7-3-4-8-26/h11-16,19-23,26,28H,3-10,17-18H2,1-2H3,(H,42,46)/b12-11+. The summed E-state index contributed by atoms with van der Waals surface area (Å²) < 4.78 is 4.60. The summed E-state index contributed by atoms with van der Waals surface area (Å²) in [6, 6.07) is 12.8. The lowest BCUT2D eigenvalue weighted by molar-refractivity contribution is -0.112. The van der Waals surface area contributed by atoms with Crippen molar-refractivity contribution < 1.29 is 9.59 Å². The van der Waals surface area contributed by atoms with Gasteiger partial charge in [0.15, 0.2) is 5.78 Å². The van der Waals surface area contributed by atoms with Crippen LogP contribution in [0.25, 0.3) is 39.4 Å². The Morgan fingerprint density at radius 1 is 0.957 bits per heavy atom. The summed E-state index contributed by atoms with van der Waals surface area (Å²) in [6.45, 7) is 1.57. The first-order valence-electron chi connectivity index (χ1n) is 16.8. The fourth-order valence-corrected chi connectivity index (χ4v) is 7.97.